The van der Waals surface area contributed by atoms with Crippen molar-refractivity contribution < 1.29 is 4.74 Å². The molecule has 15 heavy (non-hydrogen) atoms. The van der Waals surface area contributed by atoms with Gasteiger partial charge in [-0.2, -0.15) is 0 Å². The predicted octanol–water partition coefficient (Wildman–Crippen LogP) is 0.979. The molecule has 6 heteroatoms. The van der Waals surface area contributed by atoms with Gasteiger partial charge in [0.1, 0.15) is 5.01 Å². The van der Waals surface area contributed by atoms with Gasteiger partial charge >= 0.3 is 0 Å². The zero-order chi connectivity index (χ0) is 11.1. The normalized spacial score (nSPS) is 11.1. The van der Waals surface area contributed by atoms with Crippen molar-refractivity contribution >= 4 is 16.5 Å². The van der Waals surface area contributed by atoms with E-state index in [2.05, 4.69) is 22.0 Å². The van der Waals surface area contributed by atoms with Crippen molar-refractivity contribution in [3.05, 3.63) is 5.01 Å². The summed E-state index contributed by atoms with van der Waals surface area (Å²) in [5.41, 5.74) is 5.52. The van der Waals surface area contributed by atoms with Gasteiger partial charge in [0, 0.05) is 13.2 Å². The summed E-state index contributed by atoms with van der Waals surface area (Å²) in [6.07, 6.45) is 0. The number of aromatic nitrogens is 2. The molecule has 1 rings (SSSR count). The van der Waals surface area contributed by atoms with Gasteiger partial charge in [0.15, 0.2) is 0 Å². The molecule has 1 heterocycles. The van der Waals surface area contributed by atoms with Gasteiger partial charge in [0.2, 0.25) is 5.13 Å². The van der Waals surface area contributed by atoms with Crippen molar-refractivity contribution in [3.63, 3.8) is 0 Å². The van der Waals surface area contributed by atoms with Gasteiger partial charge in [-0.05, 0) is 13.5 Å². The molecule has 0 aliphatic rings. The van der Waals surface area contributed by atoms with E-state index in [-0.39, 0.29) is 0 Å². The smallest absolute Gasteiger partial charge is 0.203 e. The molecule has 0 aromatic carbocycles. The average molecular weight is 230 g/mol. The molecule has 1 aromatic rings. The van der Waals surface area contributed by atoms with E-state index in [0.29, 0.717) is 5.13 Å². The zero-order valence-corrected chi connectivity index (χ0v) is 10.1. The highest BCUT2D eigenvalue weighted by molar-refractivity contribution is 7.15. The molecule has 0 aliphatic heterocycles. The van der Waals surface area contributed by atoms with Gasteiger partial charge in [0.05, 0.1) is 13.2 Å². The van der Waals surface area contributed by atoms with E-state index >= 15 is 0 Å². The number of nitrogen functional groups attached to an aromatic ring is 1. The molecule has 0 unspecified atom stereocenters. The number of rotatable bonds is 7. The van der Waals surface area contributed by atoms with Gasteiger partial charge in [0.25, 0.3) is 0 Å². The quantitative estimate of drug-likeness (QED) is 0.707. The topological polar surface area (TPSA) is 64.3 Å². The molecule has 0 radical (unpaired) electrons. The minimum atomic E-state index is 0.533. The lowest BCUT2D eigenvalue weighted by Crippen LogP contribution is -2.27. The summed E-state index contributed by atoms with van der Waals surface area (Å²) in [5.74, 6) is 0. The van der Waals surface area contributed by atoms with Crippen LogP contribution in [0.25, 0.3) is 0 Å². The monoisotopic (exact) mass is 230 g/mol. The SMILES string of the molecule is CCOCCN(CC)Cc1nnc(N)s1. The van der Waals surface area contributed by atoms with Gasteiger partial charge in [-0.3, -0.25) is 4.90 Å². The minimum Gasteiger partial charge on any atom is -0.380 e. The number of anilines is 1. The van der Waals surface area contributed by atoms with Gasteiger partial charge in [-0.15, -0.1) is 10.2 Å². The highest BCUT2D eigenvalue weighted by Crippen LogP contribution is 2.12. The lowest BCUT2D eigenvalue weighted by Gasteiger charge is -2.18. The Labute approximate surface area is 94.2 Å². The number of hydrogen-bond acceptors (Lipinski definition) is 6. The molecule has 0 amide bonds. The fourth-order valence-corrected chi connectivity index (χ4v) is 1.86. The molecule has 2 N–H and O–H groups in total. The van der Waals surface area contributed by atoms with Crippen molar-refractivity contribution in [2.45, 2.75) is 20.4 Å². The van der Waals surface area contributed by atoms with E-state index in [1.165, 1.54) is 11.3 Å². The Kier molecular flexibility index (Phi) is 5.52. The van der Waals surface area contributed by atoms with Gasteiger partial charge < -0.3 is 10.5 Å². The molecule has 0 fully saturated rings. The molecular weight excluding hydrogens is 212 g/mol. The van der Waals surface area contributed by atoms with Crippen LogP contribution in [0.2, 0.25) is 0 Å². The van der Waals surface area contributed by atoms with Crippen LogP contribution in [0.4, 0.5) is 5.13 Å². The predicted molar refractivity (Wildman–Crippen MR) is 61.8 cm³/mol. The molecule has 0 aliphatic carbocycles. The van der Waals surface area contributed by atoms with E-state index in [9.17, 15) is 0 Å². The first-order chi connectivity index (χ1) is 7.26. The van der Waals surface area contributed by atoms with Crippen LogP contribution in [0.3, 0.4) is 0 Å². The Bertz CT molecular complexity index is 279. The van der Waals surface area contributed by atoms with Crippen LogP contribution in [0, 0.1) is 0 Å². The second-order valence-corrected chi connectivity index (χ2v) is 4.19. The summed E-state index contributed by atoms with van der Waals surface area (Å²) in [6.45, 7) is 8.36. The number of likely N-dealkylation sites (N-methyl/N-ethyl adjacent to an activating group) is 1. The Morgan fingerprint density at radius 3 is 2.73 bits per heavy atom. The number of nitrogens with zero attached hydrogens (tertiary/aromatic N) is 3. The fraction of sp³-hybridized carbons (Fsp3) is 0.778. The molecule has 1 aromatic heterocycles. The molecule has 0 saturated carbocycles. The van der Waals surface area contributed by atoms with E-state index in [1.54, 1.807) is 0 Å². The number of hydrogen-bond donors (Lipinski definition) is 1. The molecule has 0 spiro atoms. The Hall–Kier alpha value is -0.720. The fourth-order valence-electron chi connectivity index (χ4n) is 1.21. The van der Waals surface area contributed by atoms with Gasteiger partial charge in [-0.25, -0.2) is 0 Å². The van der Waals surface area contributed by atoms with Crippen LogP contribution in [-0.2, 0) is 11.3 Å². The molecule has 0 bridgehead atoms. The highest BCUT2D eigenvalue weighted by Gasteiger charge is 2.07. The summed E-state index contributed by atoms with van der Waals surface area (Å²) in [4.78, 5) is 2.26. The molecular formula is C9H18N4OS. The van der Waals surface area contributed by atoms with Crippen LogP contribution < -0.4 is 5.73 Å². The van der Waals surface area contributed by atoms with Crippen molar-refractivity contribution in [2.75, 3.05) is 32.0 Å². The van der Waals surface area contributed by atoms with Crippen molar-refractivity contribution in [1.29, 1.82) is 0 Å². The van der Waals surface area contributed by atoms with Crippen LogP contribution in [0.15, 0.2) is 0 Å². The Morgan fingerprint density at radius 2 is 2.20 bits per heavy atom. The first-order valence-corrected chi connectivity index (χ1v) is 5.95. The second-order valence-electron chi connectivity index (χ2n) is 3.10. The van der Waals surface area contributed by atoms with E-state index in [4.69, 9.17) is 10.5 Å². The van der Waals surface area contributed by atoms with Crippen molar-refractivity contribution in [1.82, 2.24) is 15.1 Å². The largest absolute Gasteiger partial charge is 0.380 e. The van der Waals surface area contributed by atoms with Crippen LogP contribution in [0.5, 0.6) is 0 Å². The summed E-state index contributed by atoms with van der Waals surface area (Å²) in [6, 6.07) is 0. The van der Waals surface area contributed by atoms with E-state index in [1.807, 2.05) is 6.92 Å². The Morgan fingerprint density at radius 1 is 1.40 bits per heavy atom. The van der Waals surface area contributed by atoms with Crippen LogP contribution >= 0.6 is 11.3 Å². The third kappa shape index (κ3) is 4.55. The summed E-state index contributed by atoms with van der Waals surface area (Å²) in [5, 5.41) is 9.28. The average Bonchev–Trinajstić information content (AvgIpc) is 2.63. The van der Waals surface area contributed by atoms with E-state index in [0.717, 1.165) is 37.9 Å². The molecule has 86 valence electrons. The maximum atomic E-state index is 5.52. The van der Waals surface area contributed by atoms with Gasteiger partial charge in [-0.1, -0.05) is 18.3 Å². The Balaban J connectivity index is 2.33. The maximum absolute atomic E-state index is 5.52. The standard InChI is InChI=1S/C9H18N4OS/c1-3-13(5-6-14-4-2)7-8-11-12-9(10)15-8/h3-7H2,1-2H3,(H2,10,12). The van der Waals surface area contributed by atoms with Crippen molar-refractivity contribution in [2.24, 2.45) is 0 Å². The third-order valence-electron chi connectivity index (χ3n) is 2.04. The highest BCUT2D eigenvalue weighted by atomic mass is 32.1. The second kappa shape index (κ2) is 6.71. The number of nitrogens with two attached hydrogens (primary N) is 1. The summed E-state index contributed by atoms with van der Waals surface area (Å²) in [7, 11) is 0. The first-order valence-electron chi connectivity index (χ1n) is 5.14. The lowest BCUT2D eigenvalue weighted by molar-refractivity contribution is 0.113. The van der Waals surface area contributed by atoms with Crippen LogP contribution in [0.1, 0.15) is 18.9 Å². The molecule has 5 nitrogen and oxygen atoms in total. The van der Waals surface area contributed by atoms with Crippen LogP contribution in [-0.4, -0.2) is 41.4 Å². The summed E-state index contributed by atoms with van der Waals surface area (Å²) >= 11 is 1.44. The third-order valence-corrected chi connectivity index (χ3v) is 2.78. The zero-order valence-electron chi connectivity index (χ0n) is 9.27. The first kappa shape index (κ1) is 12.4. The lowest BCUT2D eigenvalue weighted by atomic mass is 10.5. The summed E-state index contributed by atoms with van der Waals surface area (Å²) < 4.78 is 5.31. The molecule has 0 saturated heterocycles. The van der Waals surface area contributed by atoms with Crippen molar-refractivity contribution in [3.8, 4) is 0 Å². The van der Waals surface area contributed by atoms with E-state index < -0.39 is 0 Å². The maximum Gasteiger partial charge on any atom is 0.203 e. The molecule has 0 atom stereocenters. The minimum absolute atomic E-state index is 0.533. The number of ether oxygens (including phenoxy) is 1.